The zero-order valence-corrected chi connectivity index (χ0v) is 10.7. The lowest BCUT2D eigenvalue weighted by Crippen LogP contribution is -2.30. The minimum absolute atomic E-state index is 0.0283. The first kappa shape index (κ1) is 12.0. The second-order valence-electron chi connectivity index (χ2n) is 4.83. The van der Waals surface area contributed by atoms with E-state index in [1.807, 2.05) is 0 Å². The Morgan fingerprint density at radius 3 is 3.21 bits per heavy atom. The number of esters is 1. The van der Waals surface area contributed by atoms with Gasteiger partial charge < -0.3 is 15.0 Å². The minimum atomic E-state index is -0.452. The van der Waals surface area contributed by atoms with Crippen LogP contribution in [0.4, 0.5) is 11.5 Å². The number of methoxy groups -OCH3 is 1. The van der Waals surface area contributed by atoms with Crippen LogP contribution >= 0.6 is 0 Å². The number of hydrogen-bond acceptors (Lipinski definition) is 5. The second kappa shape index (κ2) is 4.53. The third-order valence-electron chi connectivity index (χ3n) is 3.63. The number of fused-ring (bicyclic) bond motifs is 3. The number of nitrogens with one attached hydrogen (secondary N) is 1. The van der Waals surface area contributed by atoms with Gasteiger partial charge in [0.15, 0.2) is 5.82 Å². The van der Waals surface area contributed by atoms with Gasteiger partial charge in [0.25, 0.3) is 0 Å². The molecule has 1 aromatic rings. The van der Waals surface area contributed by atoms with Crippen LogP contribution in [0, 0.1) is 0 Å². The van der Waals surface area contributed by atoms with E-state index in [-0.39, 0.29) is 11.9 Å². The molecule has 0 bridgehead atoms. The first-order chi connectivity index (χ1) is 9.19. The fourth-order valence-electron chi connectivity index (χ4n) is 2.75. The normalized spacial score (nSPS) is 21.2. The molecule has 6 nitrogen and oxygen atoms in total. The SMILES string of the molecule is COC(=O)c1cnc2c(c1)NC(=O)CC1CCCN21. The highest BCUT2D eigenvalue weighted by atomic mass is 16.5. The molecular weight excluding hydrogens is 246 g/mol. The zero-order valence-electron chi connectivity index (χ0n) is 10.7. The van der Waals surface area contributed by atoms with Crippen LogP contribution in [-0.4, -0.2) is 36.6 Å². The molecule has 0 aliphatic carbocycles. The monoisotopic (exact) mass is 261 g/mol. The standard InChI is InChI=1S/C13H15N3O3/c1-19-13(18)8-5-10-12(14-7-8)16-4-2-3-9(16)6-11(17)15-10/h5,7,9H,2-4,6H2,1H3,(H,15,17). The Labute approximate surface area is 110 Å². The summed E-state index contributed by atoms with van der Waals surface area (Å²) in [5, 5.41) is 2.82. The van der Waals surface area contributed by atoms with Crippen LogP contribution in [0.5, 0.6) is 0 Å². The van der Waals surface area contributed by atoms with Crippen molar-refractivity contribution in [2.45, 2.75) is 25.3 Å². The van der Waals surface area contributed by atoms with Crippen molar-refractivity contribution < 1.29 is 14.3 Å². The van der Waals surface area contributed by atoms with Gasteiger partial charge in [-0.15, -0.1) is 0 Å². The van der Waals surface area contributed by atoms with Gasteiger partial charge in [-0.25, -0.2) is 9.78 Å². The van der Waals surface area contributed by atoms with Crippen LogP contribution in [-0.2, 0) is 9.53 Å². The molecule has 19 heavy (non-hydrogen) atoms. The van der Waals surface area contributed by atoms with Crippen molar-refractivity contribution in [2.24, 2.45) is 0 Å². The summed E-state index contributed by atoms with van der Waals surface area (Å²) in [5.74, 6) is 0.271. The molecule has 1 N–H and O–H groups in total. The van der Waals surface area contributed by atoms with Crippen molar-refractivity contribution in [1.82, 2.24) is 4.98 Å². The lowest BCUT2D eigenvalue weighted by molar-refractivity contribution is -0.116. The Morgan fingerprint density at radius 1 is 1.58 bits per heavy atom. The molecule has 1 fully saturated rings. The summed E-state index contributed by atoms with van der Waals surface area (Å²) in [7, 11) is 1.32. The van der Waals surface area contributed by atoms with Crippen LogP contribution < -0.4 is 10.2 Å². The highest BCUT2D eigenvalue weighted by molar-refractivity contribution is 5.98. The van der Waals surface area contributed by atoms with Crippen LogP contribution in [0.3, 0.4) is 0 Å². The Kier molecular flexibility index (Phi) is 2.85. The van der Waals surface area contributed by atoms with Crippen LogP contribution in [0.15, 0.2) is 12.3 Å². The summed E-state index contributed by atoms with van der Waals surface area (Å²) in [6.45, 7) is 0.900. The molecular formula is C13H15N3O3. The van der Waals surface area contributed by atoms with Crippen LogP contribution in [0.2, 0.25) is 0 Å². The molecule has 6 heteroatoms. The summed E-state index contributed by atoms with van der Waals surface area (Å²) in [4.78, 5) is 29.8. The summed E-state index contributed by atoms with van der Waals surface area (Å²) >= 11 is 0. The van der Waals surface area contributed by atoms with Crippen molar-refractivity contribution in [2.75, 3.05) is 23.9 Å². The lowest BCUT2D eigenvalue weighted by Gasteiger charge is -2.23. The predicted octanol–water partition coefficient (Wildman–Crippen LogP) is 1.18. The Balaban J connectivity index is 2.03. The molecule has 2 aliphatic rings. The zero-order chi connectivity index (χ0) is 13.4. The number of carbonyl (C=O) groups is 2. The van der Waals surface area contributed by atoms with E-state index in [0.717, 1.165) is 25.2 Å². The average molecular weight is 261 g/mol. The van der Waals surface area contributed by atoms with Gasteiger partial charge in [0.05, 0.1) is 18.4 Å². The molecule has 100 valence electrons. The molecule has 1 saturated heterocycles. The Bertz CT molecular complexity index is 544. The number of aromatic nitrogens is 1. The number of amides is 1. The number of ether oxygens (including phenoxy) is 1. The van der Waals surface area contributed by atoms with E-state index in [2.05, 4.69) is 19.9 Å². The van der Waals surface area contributed by atoms with E-state index in [4.69, 9.17) is 0 Å². The van der Waals surface area contributed by atoms with E-state index in [9.17, 15) is 9.59 Å². The van der Waals surface area contributed by atoms with Crippen molar-refractivity contribution in [3.8, 4) is 0 Å². The lowest BCUT2D eigenvalue weighted by atomic mass is 10.1. The third-order valence-corrected chi connectivity index (χ3v) is 3.63. The van der Waals surface area contributed by atoms with E-state index >= 15 is 0 Å². The van der Waals surface area contributed by atoms with Crippen LogP contribution in [0.1, 0.15) is 29.6 Å². The second-order valence-corrected chi connectivity index (χ2v) is 4.83. The minimum Gasteiger partial charge on any atom is -0.465 e. The molecule has 1 atom stereocenters. The number of anilines is 2. The largest absolute Gasteiger partial charge is 0.465 e. The quantitative estimate of drug-likeness (QED) is 0.768. The number of carbonyl (C=O) groups excluding carboxylic acids is 2. The molecule has 3 heterocycles. The molecule has 0 radical (unpaired) electrons. The highest BCUT2D eigenvalue weighted by Crippen LogP contribution is 2.34. The average Bonchev–Trinajstić information content (AvgIpc) is 2.80. The van der Waals surface area contributed by atoms with Gasteiger partial charge >= 0.3 is 5.97 Å². The van der Waals surface area contributed by atoms with Gasteiger partial charge in [-0.05, 0) is 18.9 Å². The predicted molar refractivity (Wildman–Crippen MR) is 69.2 cm³/mol. The maximum atomic E-state index is 11.9. The summed E-state index contributed by atoms with van der Waals surface area (Å²) in [6.07, 6.45) is 4.05. The van der Waals surface area contributed by atoms with E-state index < -0.39 is 5.97 Å². The number of nitrogens with zero attached hydrogens (tertiary/aromatic N) is 2. The topological polar surface area (TPSA) is 71.5 Å². The summed E-state index contributed by atoms with van der Waals surface area (Å²) in [5.41, 5.74) is 0.941. The summed E-state index contributed by atoms with van der Waals surface area (Å²) < 4.78 is 4.67. The first-order valence-electron chi connectivity index (χ1n) is 6.34. The number of hydrogen-bond donors (Lipinski definition) is 1. The molecule has 1 unspecified atom stereocenters. The Hall–Kier alpha value is -2.11. The molecule has 3 rings (SSSR count). The molecule has 1 amide bonds. The first-order valence-corrected chi connectivity index (χ1v) is 6.34. The van der Waals surface area contributed by atoms with Crippen molar-refractivity contribution in [1.29, 1.82) is 0 Å². The molecule has 0 aromatic carbocycles. The molecule has 0 saturated carbocycles. The van der Waals surface area contributed by atoms with E-state index in [1.54, 1.807) is 6.07 Å². The summed E-state index contributed by atoms with van der Waals surface area (Å²) in [6, 6.07) is 1.85. The van der Waals surface area contributed by atoms with E-state index in [1.165, 1.54) is 13.3 Å². The maximum Gasteiger partial charge on any atom is 0.339 e. The molecule has 2 aliphatic heterocycles. The van der Waals surface area contributed by atoms with Gasteiger partial charge in [-0.2, -0.15) is 0 Å². The number of pyridine rings is 1. The van der Waals surface area contributed by atoms with E-state index in [0.29, 0.717) is 17.7 Å². The van der Waals surface area contributed by atoms with Crippen molar-refractivity contribution >= 4 is 23.4 Å². The third kappa shape index (κ3) is 2.03. The molecule has 0 spiro atoms. The van der Waals surface area contributed by atoms with Gasteiger partial charge in [-0.1, -0.05) is 0 Å². The number of rotatable bonds is 1. The fourth-order valence-corrected chi connectivity index (χ4v) is 2.75. The van der Waals surface area contributed by atoms with Crippen LogP contribution in [0.25, 0.3) is 0 Å². The van der Waals surface area contributed by atoms with Gasteiger partial charge in [0, 0.05) is 25.2 Å². The van der Waals surface area contributed by atoms with Gasteiger partial charge in [0.1, 0.15) is 0 Å². The fraction of sp³-hybridized carbons (Fsp3) is 0.462. The van der Waals surface area contributed by atoms with Gasteiger partial charge in [-0.3, -0.25) is 4.79 Å². The maximum absolute atomic E-state index is 11.9. The van der Waals surface area contributed by atoms with Crippen molar-refractivity contribution in [3.63, 3.8) is 0 Å². The molecule has 1 aromatic heterocycles. The Morgan fingerprint density at radius 2 is 2.42 bits per heavy atom. The highest BCUT2D eigenvalue weighted by Gasteiger charge is 2.32. The van der Waals surface area contributed by atoms with Gasteiger partial charge in [0.2, 0.25) is 5.91 Å². The smallest absolute Gasteiger partial charge is 0.339 e. The van der Waals surface area contributed by atoms with Crippen molar-refractivity contribution in [3.05, 3.63) is 17.8 Å².